The zero-order valence-corrected chi connectivity index (χ0v) is 8.52. The van der Waals surface area contributed by atoms with E-state index in [0.29, 0.717) is 11.3 Å². The second kappa shape index (κ2) is 3.35. The quantitative estimate of drug-likeness (QED) is 0.760. The summed E-state index contributed by atoms with van der Waals surface area (Å²) in [7, 11) is 0. The second-order valence-electron chi connectivity index (χ2n) is 2.53. The Morgan fingerprint density at radius 1 is 1.69 bits per heavy atom. The predicted molar refractivity (Wildman–Crippen MR) is 51.2 cm³/mol. The number of nitrogens with one attached hydrogen (secondary N) is 1. The molecule has 0 amide bonds. The van der Waals surface area contributed by atoms with Gasteiger partial charge in [-0.25, -0.2) is 9.67 Å². The molecule has 2 aromatic heterocycles. The molecule has 0 saturated carbocycles. The van der Waals surface area contributed by atoms with Crippen LogP contribution in [0.2, 0.25) is 0 Å². The summed E-state index contributed by atoms with van der Waals surface area (Å²) in [6.07, 6.45) is 1.84. The molecular formula is C6H7N5S2. The van der Waals surface area contributed by atoms with E-state index in [2.05, 4.69) is 20.5 Å². The van der Waals surface area contributed by atoms with Crippen LogP contribution in [0.5, 0.6) is 0 Å². The van der Waals surface area contributed by atoms with Crippen molar-refractivity contribution in [2.75, 3.05) is 0 Å². The number of hydrogen-bond acceptors (Lipinski definition) is 5. The lowest BCUT2D eigenvalue weighted by molar-refractivity contribution is 0.639. The van der Waals surface area contributed by atoms with Crippen LogP contribution in [0.1, 0.15) is 9.88 Å². The molecule has 13 heavy (non-hydrogen) atoms. The number of aromatic amines is 1. The maximum atomic E-state index is 4.93. The van der Waals surface area contributed by atoms with E-state index >= 15 is 0 Å². The molecule has 0 unspecified atom stereocenters. The average Bonchev–Trinajstić information content (AvgIpc) is 2.64. The first-order valence-corrected chi connectivity index (χ1v) is 4.87. The molecule has 5 nitrogen and oxygen atoms in total. The fourth-order valence-corrected chi connectivity index (χ4v) is 1.85. The van der Waals surface area contributed by atoms with Crippen molar-refractivity contribution in [1.29, 1.82) is 0 Å². The normalized spacial score (nSPS) is 10.5. The van der Waals surface area contributed by atoms with E-state index in [1.165, 1.54) is 4.88 Å². The van der Waals surface area contributed by atoms with Crippen molar-refractivity contribution >= 4 is 23.6 Å². The number of aromatic nitrogens is 5. The van der Waals surface area contributed by atoms with Gasteiger partial charge in [-0.2, -0.15) is 5.21 Å². The standard InChI is InChI=1S/C6H7N5S2/c1-4-2-7-5(13-4)3-11-6(12)8-9-10-11/h2H,3H2,1H3,(H,8,10,12). The van der Waals surface area contributed by atoms with Crippen molar-refractivity contribution in [3.63, 3.8) is 0 Å². The van der Waals surface area contributed by atoms with Gasteiger partial charge in [-0.3, -0.25) is 0 Å². The van der Waals surface area contributed by atoms with Crippen molar-refractivity contribution in [1.82, 2.24) is 25.2 Å². The number of hydrogen-bond donors (Lipinski definition) is 1. The zero-order valence-electron chi connectivity index (χ0n) is 6.89. The summed E-state index contributed by atoms with van der Waals surface area (Å²) in [6.45, 7) is 2.63. The fraction of sp³-hybridized carbons (Fsp3) is 0.333. The number of rotatable bonds is 2. The van der Waals surface area contributed by atoms with Crippen molar-refractivity contribution < 1.29 is 0 Å². The predicted octanol–water partition coefficient (Wildman–Crippen LogP) is 1.15. The Labute approximate surface area is 83.4 Å². The van der Waals surface area contributed by atoms with E-state index in [4.69, 9.17) is 12.2 Å². The summed E-state index contributed by atoms with van der Waals surface area (Å²) in [5.74, 6) is 0. The number of aryl methyl sites for hydroxylation is 1. The Morgan fingerprint density at radius 3 is 3.08 bits per heavy atom. The van der Waals surface area contributed by atoms with Gasteiger partial charge < -0.3 is 0 Å². The summed E-state index contributed by atoms with van der Waals surface area (Å²) in [6, 6.07) is 0. The molecule has 2 heterocycles. The molecule has 2 rings (SSSR count). The summed E-state index contributed by atoms with van der Waals surface area (Å²) in [5, 5.41) is 10.9. The van der Waals surface area contributed by atoms with Gasteiger partial charge in [0.05, 0.1) is 6.54 Å². The number of H-pyrrole nitrogens is 1. The van der Waals surface area contributed by atoms with Crippen LogP contribution in [0.25, 0.3) is 0 Å². The third kappa shape index (κ3) is 1.81. The smallest absolute Gasteiger partial charge is 0.238 e. The van der Waals surface area contributed by atoms with Crippen LogP contribution in [0.15, 0.2) is 6.20 Å². The van der Waals surface area contributed by atoms with Gasteiger partial charge in [0.1, 0.15) is 5.01 Å². The van der Waals surface area contributed by atoms with E-state index in [0.717, 1.165) is 5.01 Å². The van der Waals surface area contributed by atoms with Gasteiger partial charge in [0.15, 0.2) is 0 Å². The lowest BCUT2D eigenvalue weighted by Crippen LogP contribution is -2.01. The summed E-state index contributed by atoms with van der Waals surface area (Å²) >= 11 is 6.57. The average molecular weight is 213 g/mol. The van der Waals surface area contributed by atoms with Crippen LogP contribution >= 0.6 is 23.6 Å². The number of tetrazole rings is 1. The third-order valence-corrected chi connectivity index (χ3v) is 2.69. The van der Waals surface area contributed by atoms with Crippen LogP contribution < -0.4 is 0 Å². The fourth-order valence-electron chi connectivity index (χ4n) is 0.929. The van der Waals surface area contributed by atoms with E-state index < -0.39 is 0 Å². The molecule has 0 aromatic carbocycles. The van der Waals surface area contributed by atoms with Crippen molar-refractivity contribution in [2.45, 2.75) is 13.5 Å². The lowest BCUT2D eigenvalue weighted by atomic mass is 10.6. The van der Waals surface area contributed by atoms with E-state index in [-0.39, 0.29) is 0 Å². The van der Waals surface area contributed by atoms with Crippen LogP contribution in [0.3, 0.4) is 0 Å². The molecule has 0 bridgehead atoms. The van der Waals surface area contributed by atoms with Gasteiger partial charge in [-0.1, -0.05) is 10.3 Å². The number of thiazole rings is 1. The Balaban J connectivity index is 2.24. The van der Waals surface area contributed by atoms with Crippen LogP contribution in [0, 0.1) is 11.7 Å². The molecule has 68 valence electrons. The van der Waals surface area contributed by atoms with E-state index in [9.17, 15) is 0 Å². The Hall–Kier alpha value is -1.08. The Kier molecular flexibility index (Phi) is 2.19. The van der Waals surface area contributed by atoms with Crippen LogP contribution in [-0.2, 0) is 6.54 Å². The largest absolute Gasteiger partial charge is 0.247 e. The highest BCUT2D eigenvalue weighted by atomic mass is 32.1. The van der Waals surface area contributed by atoms with Crippen molar-refractivity contribution in [2.24, 2.45) is 0 Å². The first-order chi connectivity index (χ1) is 6.25. The first-order valence-electron chi connectivity index (χ1n) is 3.65. The van der Waals surface area contributed by atoms with E-state index in [1.807, 2.05) is 13.1 Å². The van der Waals surface area contributed by atoms with Crippen molar-refractivity contribution in [3.8, 4) is 0 Å². The highest BCUT2D eigenvalue weighted by Gasteiger charge is 2.01. The zero-order chi connectivity index (χ0) is 9.26. The maximum absolute atomic E-state index is 4.93. The van der Waals surface area contributed by atoms with E-state index in [1.54, 1.807) is 16.0 Å². The third-order valence-electron chi connectivity index (χ3n) is 1.49. The van der Waals surface area contributed by atoms with Crippen LogP contribution in [-0.4, -0.2) is 25.2 Å². The molecule has 1 N–H and O–H groups in total. The van der Waals surface area contributed by atoms with Gasteiger partial charge in [0.2, 0.25) is 4.77 Å². The Bertz CT molecular complexity index is 453. The minimum absolute atomic E-state index is 0.452. The molecule has 0 aliphatic rings. The molecule has 0 fully saturated rings. The highest BCUT2D eigenvalue weighted by Crippen LogP contribution is 2.11. The van der Waals surface area contributed by atoms with Gasteiger partial charge in [0, 0.05) is 11.1 Å². The van der Waals surface area contributed by atoms with Gasteiger partial charge in [0.25, 0.3) is 0 Å². The SMILES string of the molecule is Cc1cnc(Cn2[nH]nnc2=S)s1. The maximum Gasteiger partial charge on any atom is 0.238 e. The molecule has 0 aliphatic heterocycles. The highest BCUT2D eigenvalue weighted by molar-refractivity contribution is 7.71. The molecular weight excluding hydrogens is 206 g/mol. The van der Waals surface area contributed by atoms with Crippen molar-refractivity contribution in [3.05, 3.63) is 20.9 Å². The summed E-state index contributed by atoms with van der Waals surface area (Å²) in [5.41, 5.74) is 0. The minimum atomic E-state index is 0.452. The first kappa shape index (κ1) is 8.52. The Morgan fingerprint density at radius 2 is 2.54 bits per heavy atom. The monoisotopic (exact) mass is 213 g/mol. The molecule has 0 atom stereocenters. The molecule has 0 spiro atoms. The molecule has 0 aliphatic carbocycles. The molecule has 0 radical (unpaired) electrons. The summed E-state index contributed by atoms with van der Waals surface area (Å²) < 4.78 is 2.13. The number of nitrogens with zero attached hydrogens (tertiary/aromatic N) is 4. The molecule has 2 aromatic rings. The van der Waals surface area contributed by atoms with Gasteiger partial charge >= 0.3 is 0 Å². The van der Waals surface area contributed by atoms with Gasteiger partial charge in [-0.05, 0) is 19.1 Å². The summed E-state index contributed by atoms with van der Waals surface area (Å²) in [4.78, 5) is 5.40. The molecule has 0 saturated heterocycles. The van der Waals surface area contributed by atoms with Gasteiger partial charge in [-0.15, -0.1) is 11.3 Å². The minimum Gasteiger partial charge on any atom is -0.247 e. The topological polar surface area (TPSA) is 59.4 Å². The van der Waals surface area contributed by atoms with Crippen LogP contribution in [0.4, 0.5) is 0 Å². The molecule has 7 heteroatoms. The lowest BCUT2D eigenvalue weighted by Gasteiger charge is -1.94. The second-order valence-corrected chi connectivity index (χ2v) is 4.22.